The highest BCUT2D eigenvalue weighted by atomic mass is 14.9. The maximum Gasteiger partial charge on any atom is 0.283 e. The standard InChI is InChI=1S/C14H13N2/c1-12-5-7-13(8-6-12)11-16-9-3-2-4-14(16)10-15/h2-9H,11H2,1H3/q+1. The summed E-state index contributed by atoms with van der Waals surface area (Å²) in [5.74, 6) is 0. The van der Waals surface area contributed by atoms with Gasteiger partial charge in [-0.05, 0) is 13.0 Å². The number of aryl methyl sites for hydroxylation is 1. The molecular weight excluding hydrogens is 196 g/mol. The SMILES string of the molecule is Cc1ccc(C[n+]2ccccc2C#N)cc1. The first-order valence-electron chi connectivity index (χ1n) is 5.24. The Morgan fingerprint density at radius 2 is 1.88 bits per heavy atom. The van der Waals surface area contributed by atoms with Gasteiger partial charge in [-0.25, -0.2) is 0 Å². The van der Waals surface area contributed by atoms with Gasteiger partial charge in [0.1, 0.15) is 0 Å². The molecule has 0 bridgehead atoms. The maximum absolute atomic E-state index is 8.97. The van der Waals surface area contributed by atoms with Crippen LogP contribution in [0.2, 0.25) is 0 Å². The second-order valence-corrected chi connectivity index (χ2v) is 3.81. The van der Waals surface area contributed by atoms with Crippen molar-refractivity contribution in [2.45, 2.75) is 13.5 Å². The number of aromatic nitrogens is 1. The van der Waals surface area contributed by atoms with Crippen LogP contribution in [-0.4, -0.2) is 0 Å². The van der Waals surface area contributed by atoms with Gasteiger partial charge in [0.25, 0.3) is 5.69 Å². The minimum absolute atomic E-state index is 0.683. The highest BCUT2D eigenvalue weighted by Crippen LogP contribution is 2.03. The van der Waals surface area contributed by atoms with E-state index in [0.29, 0.717) is 5.69 Å². The lowest BCUT2D eigenvalue weighted by molar-refractivity contribution is -0.690. The van der Waals surface area contributed by atoms with Crippen LogP contribution in [0.1, 0.15) is 16.8 Å². The molecule has 0 fully saturated rings. The number of nitriles is 1. The number of benzene rings is 1. The van der Waals surface area contributed by atoms with E-state index >= 15 is 0 Å². The van der Waals surface area contributed by atoms with Gasteiger partial charge in [0.2, 0.25) is 0 Å². The topological polar surface area (TPSA) is 27.7 Å². The summed E-state index contributed by atoms with van der Waals surface area (Å²) in [6, 6.07) is 16.2. The number of hydrogen-bond donors (Lipinski definition) is 0. The lowest BCUT2D eigenvalue weighted by atomic mass is 10.1. The van der Waals surface area contributed by atoms with Crippen LogP contribution in [0.25, 0.3) is 0 Å². The lowest BCUT2D eigenvalue weighted by Gasteiger charge is -1.99. The van der Waals surface area contributed by atoms with Crippen molar-refractivity contribution in [3.8, 4) is 6.07 Å². The van der Waals surface area contributed by atoms with Crippen LogP contribution in [0.4, 0.5) is 0 Å². The van der Waals surface area contributed by atoms with E-state index in [4.69, 9.17) is 5.26 Å². The van der Waals surface area contributed by atoms with Crippen molar-refractivity contribution in [2.24, 2.45) is 0 Å². The minimum atomic E-state index is 0.683. The molecule has 1 aromatic heterocycles. The molecule has 2 nitrogen and oxygen atoms in total. The summed E-state index contributed by atoms with van der Waals surface area (Å²) in [6.45, 7) is 2.81. The van der Waals surface area contributed by atoms with Crippen molar-refractivity contribution in [1.82, 2.24) is 0 Å². The van der Waals surface area contributed by atoms with Gasteiger partial charge in [-0.2, -0.15) is 9.83 Å². The second-order valence-electron chi connectivity index (χ2n) is 3.81. The highest BCUT2D eigenvalue weighted by Gasteiger charge is 2.08. The van der Waals surface area contributed by atoms with E-state index < -0.39 is 0 Å². The van der Waals surface area contributed by atoms with Crippen LogP contribution < -0.4 is 4.57 Å². The zero-order valence-corrected chi connectivity index (χ0v) is 9.22. The van der Waals surface area contributed by atoms with E-state index in [1.807, 2.05) is 29.0 Å². The fourth-order valence-corrected chi connectivity index (χ4v) is 1.61. The van der Waals surface area contributed by atoms with Crippen molar-refractivity contribution in [1.29, 1.82) is 5.26 Å². The number of pyridine rings is 1. The molecule has 2 aromatic rings. The predicted octanol–water partition coefficient (Wildman–Crippen LogP) is 2.20. The monoisotopic (exact) mass is 209 g/mol. The third-order valence-electron chi connectivity index (χ3n) is 2.53. The smallest absolute Gasteiger partial charge is 0.186 e. The van der Waals surface area contributed by atoms with Crippen LogP contribution in [-0.2, 0) is 6.54 Å². The molecule has 0 aliphatic carbocycles. The molecule has 2 rings (SSSR count). The average Bonchev–Trinajstić information content (AvgIpc) is 2.33. The van der Waals surface area contributed by atoms with Crippen molar-refractivity contribution in [3.05, 3.63) is 65.5 Å². The molecule has 78 valence electrons. The fourth-order valence-electron chi connectivity index (χ4n) is 1.61. The average molecular weight is 209 g/mol. The first-order chi connectivity index (χ1) is 7.79. The molecule has 2 heteroatoms. The molecule has 0 aliphatic heterocycles. The molecule has 0 saturated carbocycles. The molecule has 0 radical (unpaired) electrons. The van der Waals surface area contributed by atoms with E-state index in [9.17, 15) is 0 Å². The summed E-state index contributed by atoms with van der Waals surface area (Å²) in [7, 11) is 0. The van der Waals surface area contributed by atoms with Gasteiger partial charge < -0.3 is 0 Å². The Kier molecular flexibility index (Phi) is 2.98. The predicted molar refractivity (Wildman–Crippen MR) is 61.6 cm³/mol. The van der Waals surface area contributed by atoms with Gasteiger partial charge in [0, 0.05) is 17.7 Å². The van der Waals surface area contributed by atoms with Crippen LogP contribution in [0.15, 0.2) is 48.7 Å². The normalized spacial score (nSPS) is 9.75. The Morgan fingerprint density at radius 1 is 1.12 bits per heavy atom. The Balaban J connectivity index is 2.27. The maximum atomic E-state index is 8.97. The summed E-state index contributed by atoms with van der Waals surface area (Å²) >= 11 is 0. The van der Waals surface area contributed by atoms with Gasteiger partial charge in [-0.3, -0.25) is 0 Å². The largest absolute Gasteiger partial charge is 0.283 e. The third kappa shape index (κ3) is 2.26. The summed E-state index contributed by atoms with van der Waals surface area (Å²) in [6.07, 6.45) is 1.93. The quantitative estimate of drug-likeness (QED) is 0.697. The summed E-state index contributed by atoms with van der Waals surface area (Å²) in [5.41, 5.74) is 3.14. The van der Waals surface area contributed by atoms with Gasteiger partial charge in [0.05, 0.1) is 0 Å². The fraction of sp³-hybridized carbons (Fsp3) is 0.143. The highest BCUT2D eigenvalue weighted by molar-refractivity contribution is 5.21. The van der Waals surface area contributed by atoms with Crippen LogP contribution in [0.3, 0.4) is 0 Å². The number of hydrogen-bond acceptors (Lipinski definition) is 1. The number of nitrogens with zero attached hydrogens (tertiary/aromatic N) is 2. The summed E-state index contributed by atoms with van der Waals surface area (Å²) in [4.78, 5) is 0. The Hall–Kier alpha value is -2.14. The van der Waals surface area contributed by atoms with E-state index in [1.165, 1.54) is 11.1 Å². The van der Waals surface area contributed by atoms with E-state index in [2.05, 4.69) is 37.3 Å². The molecule has 0 amide bonds. The van der Waals surface area contributed by atoms with Gasteiger partial charge in [-0.1, -0.05) is 29.8 Å². The molecule has 0 aliphatic rings. The van der Waals surface area contributed by atoms with Crippen LogP contribution in [0, 0.1) is 18.3 Å². The zero-order chi connectivity index (χ0) is 11.4. The minimum Gasteiger partial charge on any atom is -0.186 e. The molecule has 0 spiro atoms. The molecule has 16 heavy (non-hydrogen) atoms. The first-order valence-corrected chi connectivity index (χ1v) is 5.24. The second kappa shape index (κ2) is 4.59. The van der Waals surface area contributed by atoms with Gasteiger partial charge in [0.15, 0.2) is 18.8 Å². The molecule has 0 atom stereocenters. The molecule has 0 saturated heterocycles. The van der Waals surface area contributed by atoms with E-state index in [1.54, 1.807) is 0 Å². The first kappa shape index (κ1) is 10.4. The summed E-state index contributed by atoms with van der Waals surface area (Å²) in [5, 5.41) is 8.97. The lowest BCUT2D eigenvalue weighted by Crippen LogP contribution is -2.37. The van der Waals surface area contributed by atoms with Crippen LogP contribution >= 0.6 is 0 Å². The Morgan fingerprint density at radius 3 is 2.56 bits per heavy atom. The molecule has 1 heterocycles. The summed E-state index contributed by atoms with van der Waals surface area (Å²) < 4.78 is 1.95. The van der Waals surface area contributed by atoms with Crippen LogP contribution in [0.5, 0.6) is 0 Å². The molecule has 0 unspecified atom stereocenters. The Labute approximate surface area is 95.4 Å². The van der Waals surface area contributed by atoms with Crippen molar-refractivity contribution in [2.75, 3.05) is 0 Å². The Bertz CT molecular complexity index is 521. The van der Waals surface area contributed by atoms with Crippen molar-refractivity contribution in [3.63, 3.8) is 0 Å². The van der Waals surface area contributed by atoms with Crippen molar-refractivity contribution >= 4 is 0 Å². The van der Waals surface area contributed by atoms with E-state index in [0.717, 1.165) is 6.54 Å². The number of rotatable bonds is 2. The van der Waals surface area contributed by atoms with Gasteiger partial charge in [-0.15, -0.1) is 0 Å². The molecule has 0 N–H and O–H groups in total. The van der Waals surface area contributed by atoms with Gasteiger partial charge >= 0.3 is 0 Å². The third-order valence-corrected chi connectivity index (χ3v) is 2.53. The van der Waals surface area contributed by atoms with Crippen molar-refractivity contribution < 1.29 is 4.57 Å². The molecular formula is C14H13N2+. The van der Waals surface area contributed by atoms with E-state index in [-0.39, 0.29) is 0 Å². The zero-order valence-electron chi connectivity index (χ0n) is 9.22. The molecule has 1 aromatic carbocycles.